The summed E-state index contributed by atoms with van der Waals surface area (Å²) in [7, 11) is 0. The van der Waals surface area contributed by atoms with E-state index in [0.717, 1.165) is 16.7 Å². The van der Waals surface area contributed by atoms with Gasteiger partial charge in [0.1, 0.15) is 5.82 Å². The Morgan fingerprint density at radius 3 is 2.22 bits per heavy atom. The van der Waals surface area contributed by atoms with Crippen molar-refractivity contribution in [3.8, 4) is 0 Å². The molecule has 2 heteroatoms. The van der Waals surface area contributed by atoms with Crippen molar-refractivity contribution < 1.29 is 4.39 Å². The van der Waals surface area contributed by atoms with Crippen molar-refractivity contribution in [1.29, 1.82) is 0 Å². The normalized spacial score (nSPS) is 12.5. The third-order valence-corrected chi connectivity index (χ3v) is 3.82. The lowest BCUT2D eigenvalue weighted by atomic mass is 9.97. The van der Waals surface area contributed by atoms with Gasteiger partial charge >= 0.3 is 0 Å². The van der Waals surface area contributed by atoms with Crippen molar-refractivity contribution in [3.63, 3.8) is 0 Å². The summed E-state index contributed by atoms with van der Waals surface area (Å²) in [5.74, 6) is -0.222. The molecule has 0 fully saturated rings. The summed E-state index contributed by atoms with van der Waals surface area (Å²) in [5.41, 5.74) is 5.36. The highest BCUT2D eigenvalue weighted by atomic mass is 35.5. The number of hydrogen-bond donors (Lipinski definition) is 0. The zero-order chi connectivity index (χ0) is 13.3. The van der Waals surface area contributed by atoms with Gasteiger partial charge in [0, 0.05) is 0 Å². The van der Waals surface area contributed by atoms with E-state index >= 15 is 0 Å². The van der Waals surface area contributed by atoms with Gasteiger partial charge in [0.25, 0.3) is 0 Å². The molecule has 0 heterocycles. The van der Waals surface area contributed by atoms with Gasteiger partial charge in [-0.2, -0.15) is 0 Å². The molecule has 94 valence electrons. The first kappa shape index (κ1) is 13.1. The molecule has 0 radical (unpaired) electrons. The number of hydrogen-bond acceptors (Lipinski definition) is 0. The molecule has 2 aromatic rings. The maximum atomic E-state index is 13.1. The van der Waals surface area contributed by atoms with Crippen molar-refractivity contribution in [3.05, 3.63) is 70.0 Å². The van der Waals surface area contributed by atoms with E-state index in [-0.39, 0.29) is 11.2 Å². The van der Waals surface area contributed by atoms with Crippen LogP contribution < -0.4 is 0 Å². The summed E-state index contributed by atoms with van der Waals surface area (Å²) >= 11 is 6.49. The van der Waals surface area contributed by atoms with Gasteiger partial charge in [0.2, 0.25) is 0 Å². The first-order valence-corrected chi connectivity index (χ1v) is 6.40. The van der Waals surface area contributed by atoms with Crippen molar-refractivity contribution in [2.45, 2.75) is 26.1 Å². The van der Waals surface area contributed by atoms with E-state index in [1.165, 1.54) is 23.3 Å². The SMILES string of the molecule is Cc1ccc(C(Cl)c2ccc(F)cc2C)cc1C. The van der Waals surface area contributed by atoms with Crippen molar-refractivity contribution in [1.82, 2.24) is 0 Å². The number of aryl methyl sites for hydroxylation is 3. The highest BCUT2D eigenvalue weighted by Crippen LogP contribution is 2.32. The highest BCUT2D eigenvalue weighted by molar-refractivity contribution is 6.22. The summed E-state index contributed by atoms with van der Waals surface area (Å²) in [6, 6.07) is 10.9. The average molecular weight is 263 g/mol. The summed E-state index contributed by atoms with van der Waals surface area (Å²) < 4.78 is 13.1. The molecule has 0 saturated carbocycles. The molecule has 18 heavy (non-hydrogen) atoms. The molecule has 0 nitrogen and oxygen atoms in total. The third kappa shape index (κ3) is 2.56. The summed E-state index contributed by atoms with van der Waals surface area (Å²) in [6.07, 6.45) is 0. The number of alkyl halides is 1. The van der Waals surface area contributed by atoms with Crippen LogP contribution in [0.25, 0.3) is 0 Å². The molecule has 0 aliphatic rings. The highest BCUT2D eigenvalue weighted by Gasteiger charge is 2.14. The zero-order valence-electron chi connectivity index (χ0n) is 10.8. The Morgan fingerprint density at radius 2 is 1.61 bits per heavy atom. The van der Waals surface area contributed by atoms with Crippen LogP contribution in [0.4, 0.5) is 4.39 Å². The van der Waals surface area contributed by atoms with Crippen LogP contribution in [0.2, 0.25) is 0 Å². The molecule has 2 aromatic carbocycles. The second-order valence-corrected chi connectivity index (χ2v) is 5.14. The summed E-state index contributed by atoms with van der Waals surface area (Å²) in [4.78, 5) is 0. The van der Waals surface area contributed by atoms with Gasteiger partial charge in [-0.3, -0.25) is 0 Å². The Hall–Kier alpha value is -1.34. The van der Waals surface area contributed by atoms with E-state index in [4.69, 9.17) is 11.6 Å². The van der Waals surface area contributed by atoms with E-state index in [1.807, 2.05) is 13.0 Å². The quantitative estimate of drug-likeness (QED) is 0.662. The third-order valence-electron chi connectivity index (χ3n) is 3.33. The molecular formula is C16H16ClF. The minimum absolute atomic E-state index is 0.222. The fourth-order valence-corrected chi connectivity index (χ4v) is 2.41. The van der Waals surface area contributed by atoms with Crippen molar-refractivity contribution in [2.24, 2.45) is 0 Å². The van der Waals surface area contributed by atoms with Gasteiger partial charge in [-0.25, -0.2) is 4.39 Å². The molecule has 0 aliphatic heterocycles. The van der Waals surface area contributed by atoms with Crippen LogP contribution in [-0.2, 0) is 0 Å². The standard InChI is InChI=1S/C16H16ClF/c1-10-4-5-13(8-11(10)2)16(17)15-7-6-14(18)9-12(15)3/h4-9,16H,1-3H3. The predicted molar refractivity (Wildman–Crippen MR) is 74.7 cm³/mol. The van der Waals surface area contributed by atoms with Crippen LogP contribution in [0.5, 0.6) is 0 Å². The Balaban J connectivity index is 2.41. The topological polar surface area (TPSA) is 0 Å². The van der Waals surface area contributed by atoms with Gasteiger partial charge in [-0.15, -0.1) is 11.6 Å². The fraction of sp³-hybridized carbons (Fsp3) is 0.250. The van der Waals surface area contributed by atoms with Gasteiger partial charge in [0.15, 0.2) is 0 Å². The maximum absolute atomic E-state index is 13.1. The molecule has 0 saturated heterocycles. The van der Waals surface area contributed by atoms with E-state index < -0.39 is 0 Å². The minimum atomic E-state index is -0.232. The van der Waals surface area contributed by atoms with Crippen LogP contribution in [0, 0.1) is 26.6 Å². The molecule has 0 N–H and O–H groups in total. The molecule has 0 aromatic heterocycles. The van der Waals surface area contributed by atoms with Crippen molar-refractivity contribution >= 4 is 11.6 Å². The molecule has 0 amide bonds. The predicted octanol–water partition coefficient (Wildman–Crippen LogP) is 5.08. The number of rotatable bonds is 2. The van der Waals surface area contributed by atoms with E-state index in [0.29, 0.717) is 0 Å². The molecule has 1 atom stereocenters. The lowest BCUT2D eigenvalue weighted by molar-refractivity contribution is 0.625. The Labute approximate surface area is 112 Å². The molecule has 0 bridgehead atoms. The molecule has 1 unspecified atom stereocenters. The molecule has 0 aliphatic carbocycles. The lowest BCUT2D eigenvalue weighted by Crippen LogP contribution is -1.98. The van der Waals surface area contributed by atoms with E-state index in [2.05, 4.69) is 26.0 Å². The summed E-state index contributed by atoms with van der Waals surface area (Å²) in [6.45, 7) is 6.03. The Bertz CT molecular complexity index is 575. The van der Waals surface area contributed by atoms with Gasteiger partial charge in [-0.05, 0) is 60.7 Å². The van der Waals surface area contributed by atoms with Crippen LogP contribution >= 0.6 is 11.6 Å². The van der Waals surface area contributed by atoms with Crippen LogP contribution in [0.3, 0.4) is 0 Å². The Morgan fingerprint density at radius 1 is 0.889 bits per heavy atom. The first-order valence-electron chi connectivity index (χ1n) is 5.96. The molecule has 2 rings (SSSR count). The second-order valence-electron chi connectivity index (χ2n) is 4.71. The smallest absolute Gasteiger partial charge is 0.123 e. The van der Waals surface area contributed by atoms with E-state index in [1.54, 1.807) is 6.07 Å². The van der Waals surface area contributed by atoms with Crippen molar-refractivity contribution in [2.75, 3.05) is 0 Å². The lowest BCUT2D eigenvalue weighted by Gasteiger charge is -2.14. The average Bonchev–Trinajstić information content (AvgIpc) is 2.32. The van der Waals surface area contributed by atoms with Gasteiger partial charge in [0.05, 0.1) is 5.38 Å². The Kier molecular flexibility index (Phi) is 3.72. The van der Waals surface area contributed by atoms with Gasteiger partial charge in [-0.1, -0.05) is 24.3 Å². The molecular weight excluding hydrogens is 247 g/mol. The maximum Gasteiger partial charge on any atom is 0.123 e. The van der Waals surface area contributed by atoms with Crippen LogP contribution in [0.15, 0.2) is 36.4 Å². The number of benzene rings is 2. The van der Waals surface area contributed by atoms with E-state index in [9.17, 15) is 4.39 Å². The fourth-order valence-electron chi connectivity index (χ4n) is 2.03. The second kappa shape index (κ2) is 5.11. The molecule has 0 spiro atoms. The zero-order valence-corrected chi connectivity index (χ0v) is 11.6. The first-order chi connectivity index (χ1) is 8.49. The van der Waals surface area contributed by atoms with Gasteiger partial charge < -0.3 is 0 Å². The number of halogens is 2. The largest absolute Gasteiger partial charge is 0.207 e. The van der Waals surface area contributed by atoms with Crippen LogP contribution in [0.1, 0.15) is 33.2 Å². The summed E-state index contributed by atoms with van der Waals surface area (Å²) in [5, 5.41) is -0.232. The minimum Gasteiger partial charge on any atom is -0.207 e. The monoisotopic (exact) mass is 262 g/mol. The van der Waals surface area contributed by atoms with Crippen LogP contribution in [-0.4, -0.2) is 0 Å².